The fraction of sp³-hybridized carbons (Fsp3) is 0.133. The van der Waals surface area contributed by atoms with Crippen LogP contribution in [0.1, 0.15) is 12.7 Å². The normalized spacial score (nSPS) is 10.8. The number of nitrogen functional groups attached to an aromatic ring is 1. The van der Waals surface area contributed by atoms with Crippen LogP contribution < -0.4 is 5.73 Å². The van der Waals surface area contributed by atoms with Crippen LogP contribution in [-0.2, 0) is 6.42 Å². The molecule has 2 heterocycles. The fourth-order valence-corrected chi connectivity index (χ4v) is 2.14. The first-order valence-corrected chi connectivity index (χ1v) is 6.25. The molecule has 94 valence electrons. The third kappa shape index (κ3) is 2.12. The quantitative estimate of drug-likeness (QED) is 0.759. The second-order valence-electron chi connectivity index (χ2n) is 4.32. The SMILES string of the molecule is CCc1nc(N)cc(-c2cccc3ncccc23)n1. The van der Waals surface area contributed by atoms with Crippen molar-refractivity contribution in [3.63, 3.8) is 0 Å². The Bertz CT molecular complexity index is 732. The van der Waals surface area contributed by atoms with Gasteiger partial charge in [0.2, 0.25) is 0 Å². The summed E-state index contributed by atoms with van der Waals surface area (Å²) in [6.07, 6.45) is 2.55. The van der Waals surface area contributed by atoms with Crippen LogP contribution in [0.25, 0.3) is 22.2 Å². The van der Waals surface area contributed by atoms with E-state index in [1.165, 1.54) is 0 Å². The lowest BCUT2D eigenvalue weighted by molar-refractivity contribution is 0.949. The van der Waals surface area contributed by atoms with Gasteiger partial charge in [0.25, 0.3) is 0 Å². The molecular formula is C15H14N4. The van der Waals surface area contributed by atoms with Gasteiger partial charge in [-0.2, -0.15) is 0 Å². The van der Waals surface area contributed by atoms with E-state index in [1.54, 1.807) is 12.3 Å². The van der Waals surface area contributed by atoms with E-state index in [1.807, 2.05) is 37.3 Å². The van der Waals surface area contributed by atoms with Gasteiger partial charge in [-0.3, -0.25) is 4.98 Å². The number of nitrogens with zero attached hydrogens (tertiary/aromatic N) is 3. The Morgan fingerprint density at radius 3 is 2.84 bits per heavy atom. The minimum Gasteiger partial charge on any atom is -0.384 e. The molecule has 0 bridgehead atoms. The zero-order valence-corrected chi connectivity index (χ0v) is 10.7. The van der Waals surface area contributed by atoms with E-state index >= 15 is 0 Å². The Labute approximate surface area is 111 Å². The van der Waals surface area contributed by atoms with E-state index in [4.69, 9.17) is 5.73 Å². The van der Waals surface area contributed by atoms with Gasteiger partial charge >= 0.3 is 0 Å². The highest BCUT2D eigenvalue weighted by molar-refractivity contribution is 5.93. The van der Waals surface area contributed by atoms with Gasteiger partial charge in [0, 0.05) is 29.6 Å². The van der Waals surface area contributed by atoms with Crippen molar-refractivity contribution in [2.75, 3.05) is 5.73 Å². The first kappa shape index (κ1) is 11.6. The molecule has 19 heavy (non-hydrogen) atoms. The van der Waals surface area contributed by atoms with E-state index in [-0.39, 0.29) is 0 Å². The molecule has 4 nitrogen and oxygen atoms in total. The average molecular weight is 250 g/mol. The van der Waals surface area contributed by atoms with Crippen LogP contribution in [0.2, 0.25) is 0 Å². The summed E-state index contributed by atoms with van der Waals surface area (Å²) in [4.78, 5) is 13.1. The highest BCUT2D eigenvalue weighted by Crippen LogP contribution is 2.26. The lowest BCUT2D eigenvalue weighted by Gasteiger charge is -2.07. The molecule has 0 fully saturated rings. The van der Waals surface area contributed by atoms with Crippen LogP contribution >= 0.6 is 0 Å². The number of hydrogen-bond donors (Lipinski definition) is 1. The van der Waals surface area contributed by atoms with Crippen LogP contribution in [0.5, 0.6) is 0 Å². The van der Waals surface area contributed by atoms with Crippen LogP contribution in [0.3, 0.4) is 0 Å². The second kappa shape index (κ2) is 4.65. The van der Waals surface area contributed by atoms with Gasteiger partial charge < -0.3 is 5.73 Å². The Morgan fingerprint density at radius 2 is 2.00 bits per heavy atom. The number of nitrogens with two attached hydrogens (primary N) is 1. The van der Waals surface area contributed by atoms with E-state index in [2.05, 4.69) is 15.0 Å². The van der Waals surface area contributed by atoms with Gasteiger partial charge in [-0.1, -0.05) is 25.1 Å². The van der Waals surface area contributed by atoms with E-state index < -0.39 is 0 Å². The average Bonchev–Trinajstić information content (AvgIpc) is 2.46. The molecule has 0 aliphatic carbocycles. The molecule has 0 atom stereocenters. The van der Waals surface area contributed by atoms with E-state index in [0.29, 0.717) is 5.82 Å². The highest BCUT2D eigenvalue weighted by Gasteiger charge is 2.08. The molecule has 0 saturated heterocycles. The topological polar surface area (TPSA) is 64.7 Å². The molecule has 0 unspecified atom stereocenters. The van der Waals surface area contributed by atoms with Gasteiger partial charge in [-0.15, -0.1) is 0 Å². The second-order valence-corrected chi connectivity index (χ2v) is 4.32. The van der Waals surface area contributed by atoms with Crippen molar-refractivity contribution in [3.8, 4) is 11.3 Å². The predicted octanol–water partition coefficient (Wildman–Crippen LogP) is 2.84. The number of aryl methyl sites for hydroxylation is 1. The molecule has 2 aromatic heterocycles. The monoisotopic (exact) mass is 250 g/mol. The summed E-state index contributed by atoms with van der Waals surface area (Å²) in [6.45, 7) is 2.02. The Kier molecular flexibility index (Phi) is 2.83. The molecule has 4 heteroatoms. The predicted molar refractivity (Wildman–Crippen MR) is 76.6 cm³/mol. The minimum atomic E-state index is 0.503. The first-order valence-electron chi connectivity index (χ1n) is 6.25. The number of rotatable bonds is 2. The number of pyridine rings is 1. The summed E-state index contributed by atoms with van der Waals surface area (Å²) in [5.74, 6) is 1.26. The summed E-state index contributed by atoms with van der Waals surface area (Å²) in [7, 11) is 0. The molecule has 0 spiro atoms. The third-order valence-corrected chi connectivity index (χ3v) is 3.03. The molecule has 2 N–H and O–H groups in total. The summed E-state index contributed by atoms with van der Waals surface area (Å²) in [5, 5.41) is 1.07. The summed E-state index contributed by atoms with van der Waals surface area (Å²) < 4.78 is 0. The number of aromatic nitrogens is 3. The van der Waals surface area contributed by atoms with Crippen LogP contribution in [0.4, 0.5) is 5.82 Å². The molecule has 1 aromatic carbocycles. The number of fused-ring (bicyclic) bond motifs is 1. The fourth-order valence-electron chi connectivity index (χ4n) is 2.14. The van der Waals surface area contributed by atoms with Crippen molar-refractivity contribution in [1.29, 1.82) is 0 Å². The minimum absolute atomic E-state index is 0.503. The highest BCUT2D eigenvalue weighted by atomic mass is 14.9. The van der Waals surface area contributed by atoms with Crippen molar-refractivity contribution < 1.29 is 0 Å². The van der Waals surface area contributed by atoms with Gasteiger partial charge in [0.05, 0.1) is 11.2 Å². The van der Waals surface area contributed by atoms with Crippen molar-refractivity contribution >= 4 is 16.7 Å². The third-order valence-electron chi connectivity index (χ3n) is 3.03. The smallest absolute Gasteiger partial charge is 0.131 e. The largest absolute Gasteiger partial charge is 0.384 e. The van der Waals surface area contributed by atoms with Gasteiger partial charge in [0.15, 0.2) is 0 Å². The zero-order chi connectivity index (χ0) is 13.2. The Hall–Kier alpha value is -2.49. The van der Waals surface area contributed by atoms with Crippen LogP contribution in [-0.4, -0.2) is 15.0 Å². The Balaban J connectivity index is 2.27. The first-order chi connectivity index (χ1) is 9.28. The molecule has 0 radical (unpaired) electrons. The molecular weight excluding hydrogens is 236 g/mol. The zero-order valence-electron chi connectivity index (χ0n) is 10.7. The molecule has 3 aromatic rings. The van der Waals surface area contributed by atoms with E-state index in [9.17, 15) is 0 Å². The maximum absolute atomic E-state index is 5.85. The molecule has 0 amide bonds. The Morgan fingerprint density at radius 1 is 1.11 bits per heavy atom. The number of hydrogen-bond acceptors (Lipinski definition) is 4. The molecule has 0 aliphatic heterocycles. The van der Waals surface area contributed by atoms with Crippen LogP contribution in [0, 0.1) is 0 Å². The lowest BCUT2D eigenvalue weighted by atomic mass is 10.1. The van der Waals surface area contributed by atoms with Crippen molar-refractivity contribution in [3.05, 3.63) is 48.4 Å². The maximum atomic E-state index is 5.85. The molecule has 3 rings (SSSR count). The standard InChI is InChI=1S/C15H14N4/c1-2-15-18-13(9-14(16)19-15)11-5-3-7-12-10(11)6-4-8-17-12/h3-9H,2H2,1H3,(H2,16,18,19). The van der Waals surface area contributed by atoms with Gasteiger partial charge in [-0.05, 0) is 12.1 Å². The van der Waals surface area contributed by atoms with Gasteiger partial charge in [0.1, 0.15) is 11.6 Å². The van der Waals surface area contributed by atoms with Crippen molar-refractivity contribution in [1.82, 2.24) is 15.0 Å². The van der Waals surface area contributed by atoms with Crippen molar-refractivity contribution in [2.45, 2.75) is 13.3 Å². The number of anilines is 1. The summed E-state index contributed by atoms with van der Waals surface area (Å²) in [6, 6.07) is 11.8. The summed E-state index contributed by atoms with van der Waals surface area (Å²) in [5.41, 5.74) is 8.69. The van der Waals surface area contributed by atoms with Crippen molar-refractivity contribution in [2.24, 2.45) is 0 Å². The maximum Gasteiger partial charge on any atom is 0.131 e. The van der Waals surface area contributed by atoms with E-state index in [0.717, 1.165) is 34.4 Å². The lowest BCUT2D eigenvalue weighted by Crippen LogP contribution is -2.00. The van der Waals surface area contributed by atoms with Gasteiger partial charge in [-0.25, -0.2) is 9.97 Å². The number of benzene rings is 1. The summed E-state index contributed by atoms with van der Waals surface area (Å²) >= 11 is 0. The molecule has 0 saturated carbocycles. The molecule has 0 aliphatic rings. The van der Waals surface area contributed by atoms with Crippen LogP contribution in [0.15, 0.2) is 42.6 Å².